The van der Waals surface area contributed by atoms with Gasteiger partial charge in [-0.25, -0.2) is 18.9 Å². The molecule has 3 heterocycles. The molecule has 3 aromatic heterocycles. The third-order valence-electron chi connectivity index (χ3n) is 4.01. The summed E-state index contributed by atoms with van der Waals surface area (Å²) in [6.45, 7) is -0.297. The lowest BCUT2D eigenvalue weighted by atomic mass is 10.3. The van der Waals surface area contributed by atoms with E-state index < -0.39 is 17.2 Å². The number of hydrogen-bond donors (Lipinski definition) is 1. The van der Waals surface area contributed by atoms with E-state index in [4.69, 9.17) is 0 Å². The fourth-order valence-electron chi connectivity index (χ4n) is 2.65. The average Bonchev–Trinajstić information content (AvgIpc) is 3.21. The Kier molecular flexibility index (Phi) is 3.84. The molecule has 4 rings (SSSR count). The zero-order chi connectivity index (χ0) is 19.3. The number of aromatic nitrogens is 6. The standard InChI is InChI=1S/C15H12FN7O3S/c1-21-12-11(13(25)22(2)15(21)26)23(20-19-12)6-10(24)18-14-17-8-4-3-7(16)5-9(8)27-14/h3-5H,6H2,1-2H3,(H,17,18,24). The van der Waals surface area contributed by atoms with Gasteiger partial charge in [-0.05, 0) is 18.2 Å². The number of aryl methyl sites for hydroxylation is 1. The average molecular weight is 389 g/mol. The van der Waals surface area contributed by atoms with Crippen molar-refractivity contribution in [3.63, 3.8) is 0 Å². The Morgan fingerprint density at radius 3 is 2.81 bits per heavy atom. The third-order valence-corrected chi connectivity index (χ3v) is 4.94. The van der Waals surface area contributed by atoms with Crippen LogP contribution in [0.3, 0.4) is 0 Å². The van der Waals surface area contributed by atoms with Gasteiger partial charge in [0.05, 0.1) is 10.2 Å². The number of carbonyl (C=O) groups is 1. The van der Waals surface area contributed by atoms with Gasteiger partial charge in [0, 0.05) is 14.1 Å². The van der Waals surface area contributed by atoms with Crippen LogP contribution in [0, 0.1) is 5.82 Å². The summed E-state index contributed by atoms with van der Waals surface area (Å²) in [5, 5.41) is 10.5. The lowest BCUT2D eigenvalue weighted by Crippen LogP contribution is -2.38. The molecular formula is C15H12FN7O3S. The van der Waals surface area contributed by atoms with Crippen LogP contribution in [0.1, 0.15) is 0 Å². The quantitative estimate of drug-likeness (QED) is 0.536. The van der Waals surface area contributed by atoms with Gasteiger partial charge < -0.3 is 5.32 Å². The predicted molar refractivity (Wildman–Crippen MR) is 96.2 cm³/mol. The van der Waals surface area contributed by atoms with Gasteiger partial charge in [-0.2, -0.15) is 0 Å². The van der Waals surface area contributed by atoms with Crippen LogP contribution >= 0.6 is 11.3 Å². The molecule has 0 spiro atoms. The number of halogens is 1. The second-order valence-electron chi connectivity index (χ2n) is 5.80. The number of nitrogens with zero attached hydrogens (tertiary/aromatic N) is 6. The second kappa shape index (κ2) is 6.09. The Labute approximate surface area is 153 Å². The topological polar surface area (TPSA) is 117 Å². The van der Waals surface area contributed by atoms with Crippen LogP contribution in [-0.2, 0) is 25.4 Å². The summed E-state index contributed by atoms with van der Waals surface area (Å²) in [5.74, 6) is -0.878. The van der Waals surface area contributed by atoms with Crippen molar-refractivity contribution in [2.45, 2.75) is 6.54 Å². The van der Waals surface area contributed by atoms with Crippen LogP contribution in [0.2, 0.25) is 0 Å². The van der Waals surface area contributed by atoms with Crippen molar-refractivity contribution in [2.75, 3.05) is 5.32 Å². The SMILES string of the molecule is Cn1c(=O)c2c(nnn2CC(=O)Nc2nc3ccc(F)cc3s2)n(C)c1=O. The first-order valence-electron chi connectivity index (χ1n) is 7.70. The number of thiazole rings is 1. The van der Waals surface area contributed by atoms with Crippen molar-refractivity contribution in [3.8, 4) is 0 Å². The maximum absolute atomic E-state index is 13.3. The molecule has 4 aromatic rings. The number of rotatable bonds is 3. The highest BCUT2D eigenvalue weighted by atomic mass is 32.1. The Hall–Kier alpha value is -3.41. The first-order chi connectivity index (χ1) is 12.8. The second-order valence-corrected chi connectivity index (χ2v) is 6.83. The highest BCUT2D eigenvalue weighted by molar-refractivity contribution is 7.22. The zero-order valence-corrected chi connectivity index (χ0v) is 14.9. The monoisotopic (exact) mass is 389 g/mol. The van der Waals surface area contributed by atoms with Crippen LogP contribution in [0.4, 0.5) is 9.52 Å². The number of hydrogen-bond acceptors (Lipinski definition) is 7. The summed E-state index contributed by atoms with van der Waals surface area (Å²) in [4.78, 5) is 40.8. The maximum atomic E-state index is 13.3. The van der Waals surface area contributed by atoms with E-state index in [1.807, 2.05) is 0 Å². The van der Waals surface area contributed by atoms with Crippen LogP contribution in [0.5, 0.6) is 0 Å². The number of fused-ring (bicyclic) bond motifs is 2. The first-order valence-corrected chi connectivity index (χ1v) is 8.52. The molecule has 0 saturated heterocycles. The summed E-state index contributed by atoms with van der Waals surface area (Å²) < 4.78 is 17.1. The minimum atomic E-state index is -0.596. The van der Waals surface area contributed by atoms with E-state index in [0.717, 1.165) is 20.6 Å². The number of benzene rings is 1. The van der Waals surface area contributed by atoms with E-state index in [-0.39, 0.29) is 23.5 Å². The fraction of sp³-hybridized carbons (Fsp3) is 0.200. The van der Waals surface area contributed by atoms with Gasteiger partial charge in [0.15, 0.2) is 16.3 Å². The number of anilines is 1. The van der Waals surface area contributed by atoms with Crippen LogP contribution in [-0.4, -0.2) is 35.0 Å². The molecule has 0 bridgehead atoms. The largest absolute Gasteiger partial charge is 0.332 e. The summed E-state index contributed by atoms with van der Waals surface area (Å²) in [6, 6.07) is 4.14. The Morgan fingerprint density at radius 1 is 1.26 bits per heavy atom. The van der Waals surface area contributed by atoms with Gasteiger partial charge >= 0.3 is 5.69 Å². The molecule has 0 aliphatic carbocycles. The molecular weight excluding hydrogens is 377 g/mol. The smallest absolute Gasteiger partial charge is 0.300 e. The summed E-state index contributed by atoms with van der Waals surface area (Å²) in [7, 11) is 2.80. The molecule has 0 aliphatic heterocycles. The van der Waals surface area contributed by atoms with E-state index in [9.17, 15) is 18.8 Å². The zero-order valence-electron chi connectivity index (χ0n) is 14.1. The van der Waals surface area contributed by atoms with Gasteiger partial charge in [0.1, 0.15) is 12.4 Å². The highest BCUT2D eigenvalue weighted by Gasteiger charge is 2.18. The van der Waals surface area contributed by atoms with Gasteiger partial charge in [-0.3, -0.25) is 18.7 Å². The van der Waals surface area contributed by atoms with Crippen molar-refractivity contribution >= 4 is 43.8 Å². The molecule has 0 radical (unpaired) electrons. The van der Waals surface area contributed by atoms with Gasteiger partial charge in [-0.1, -0.05) is 16.6 Å². The van der Waals surface area contributed by atoms with Gasteiger partial charge in [0.25, 0.3) is 5.56 Å². The molecule has 1 aromatic carbocycles. The highest BCUT2D eigenvalue weighted by Crippen LogP contribution is 2.26. The van der Waals surface area contributed by atoms with Crippen molar-refractivity contribution in [1.82, 2.24) is 29.1 Å². The first kappa shape index (κ1) is 17.0. The molecule has 0 unspecified atom stereocenters. The van der Waals surface area contributed by atoms with Crippen LogP contribution in [0.15, 0.2) is 27.8 Å². The van der Waals surface area contributed by atoms with E-state index in [1.54, 1.807) is 0 Å². The molecule has 0 fully saturated rings. The van der Waals surface area contributed by atoms with Crippen molar-refractivity contribution in [2.24, 2.45) is 14.1 Å². The summed E-state index contributed by atoms with van der Waals surface area (Å²) in [5.41, 5.74) is -0.439. The minimum Gasteiger partial charge on any atom is -0.300 e. The van der Waals surface area contributed by atoms with Gasteiger partial charge in [-0.15, -0.1) is 5.10 Å². The lowest BCUT2D eigenvalue weighted by Gasteiger charge is -2.04. The fourth-order valence-corrected chi connectivity index (χ4v) is 3.56. The van der Waals surface area contributed by atoms with Crippen LogP contribution < -0.4 is 16.6 Å². The van der Waals surface area contributed by atoms with E-state index >= 15 is 0 Å². The number of nitrogens with one attached hydrogen (secondary N) is 1. The number of amides is 1. The van der Waals surface area contributed by atoms with E-state index in [1.165, 1.54) is 36.9 Å². The van der Waals surface area contributed by atoms with Crippen LogP contribution in [0.25, 0.3) is 21.4 Å². The Balaban J connectivity index is 1.64. The van der Waals surface area contributed by atoms with Crippen molar-refractivity contribution < 1.29 is 9.18 Å². The number of carbonyl (C=O) groups excluding carboxylic acids is 1. The molecule has 0 atom stereocenters. The van der Waals surface area contributed by atoms with Gasteiger partial charge in [0.2, 0.25) is 5.91 Å². The summed E-state index contributed by atoms with van der Waals surface area (Å²) >= 11 is 1.13. The lowest BCUT2D eigenvalue weighted by molar-refractivity contribution is -0.116. The molecule has 0 aliphatic rings. The Morgan fingerprint density at radius 2 is 2.04 bits per heavy atom. The summed E-state index contributed by atoms with van der Waals surface area (Å²) in [6.07, 6.45) is 0. The van der Waals surface area contributed by atoms with Crippen molar-refractivity contribution in [3.05, 3.63) is 44.9 Å². The van der Waals surface area contributed by atoms with E-state index in [0.29, 0.717) is 15.3 Å². The third kappa shape index (κ3) is 2.79. The molecule has 0 saturated carbocycles. The van der Waals surface area contributed by atoms with E-state index in [2.05, 4.69) is 20.6 Å². The molecule has 138 valence electrons. The van der Waals surface area contributed by atoms with Crippen molar-refractivity contribution in [1.29, 1.82) is 0 Å². The molecule has 10 nitrogen and oxygen atoms in total. The molecule has 12 heteroatoms. The molecule has 27 heavy (non-hydrogen) atoms. The predicted octanol–water partition coefficient (Wildman–Crippen LogP) is 0.216. The molecule has 1 N–H and O–H groups in total. The maximum Gasteiger partial charge on any atom is 0.332 e. The molecule has 1 amide bonds. The minimum absolute atomic E-state index is 0.0427. The normalized spacial score (nSPS) is 11.4. The Bertz CT molecular complexity index is 1330.